The van der Waals surface area contributed by atoms with Gasteiger partial charge in [0.2, 0.25) is 0 Å². The molecular weight excluding hydrogens is 356 g/mol. The van der Waals surface area contributed by atoms with Crippen LogP contribution < -0.4 is 11.1 Å². The number of nitrogens with one attached hydrogen (secondary N) is 1. The highest BCUT2D eigenvalue weighted by molar-refractivity contribution is 9.10. The van der Waals surface area contributed by atoms with Gasteiger partial charge in [-0.1, -0.05) is 44.0 Å². The van der Waals surface area contributed by atoms with Gasteiger partial charge in [0, 0.05) is 21.2 Å². The standard InChI is InChI=1S/C14H14Br2N2/c15-11-3-1-10(2-4-11)14(9-17)18-13-7-5-12(16)6-8-13/h1-8,14,18H,9,17H2. The van der Waals surface area contributed by atoms with Crippen molar-refractivity contribution >= 4 is 37.5 Å². The zero-order valence-corrected chi connectivity index (χ0v) is 12.9. The summed E-state index contributed by atoms with van der Waals surface area (Å²) >= 11 is 6.86. The Morgan fingerprint density at radius 2 is 1.39 bits per heavy atom. The number of nitrogens with two attached hydrogens (primary N) is 1. The summed E-state index contributed by atoms with van der Waals surface area (Å²) in [7, 11) is 0. The lowest BCUT2D eigenvalue weighted by Gasteiger charge is -2.18. The second-order valence-electron chi connectivity index (χ2n) is 3.99. The molecule has 2 aromatic carbocycles. The number of hydrogen-bond donors (Lipinski definition) is 2. The fraction of sp³-hybridized carbons (Fsp3) is 0.143. The Hall–Kier alpha value is -0.840. The van der Waals surface area contributed by atoms with E-state index in [2.05, 4.69) is 49.3 Å². The smallest absolute Gasteiger partial charge is 0.0636 e. The second-order valence-corrected chi connectivity index (χ2v) is 5.82. The molecule has 2 rings (SSSR count). The summed E-state index contributed by atoms with van der Waals surface area (Å²) in [6.07, 6.45) is 0. The van der Waals surface area contributed by atoms with Gasteiger partial charge in [0.1, 0.15) is 0 Å². The fourth-order valence-electron chi connectivity index (χ4n) is 1.72. The highest BCUT2D eigenvalue weighted by atomic mass is 79.9. The zero-order valence-electron chi connectivity index (χ0n) is 9.74. The van der Waals surface area contributed by atoms with Gasteiger partial charge in [0.05, 0.1) is 6.04 Å². The van der Waals surface area contributed by atoms with Gasteiger partial charge in [-0.05, 0) is 42.0 Å². The summed E-state index contributed by atoms with van der Waals surface area (Å²) in [5.74, 6) is 0. The minimum Gasteiger partial charge on any atom is -0.377 e. The number of halogens is 2. The summed E-state index contributed by atoms with van der Waals surface area (Å²) < 4.78 is 2.15. The molecule has 0 aliphatic heterocycles. The van der Waals surface area contributed by atoms with E-state index in [0.29, 0.717) is 6.54 Å². The third-order valence-electron chi connectivity index (χ3n) is 2.69. The molecule has 0 radical (unpaired) electrons. The molecule has 0 bridgehead atoms. The van der Waals surface area contributed by atoms with E-state index in [1.165, 1.54) is 5.56 Å². The summed E-state index contributed by atoms with van der Waals surface area (Å²) in [6, 6.07) is 16.4. The lowest BCUT2D eigenvalue weighted by Crippen LogP contribution is -2.20. The predicted molar refractivity (Wildman–Crippen MR) is 83.7 cm³/mol. The molecule has 94 valence electrons. The monoisotopic (exact) mass is 368 g/mol. The van der Waals surface area contributed by atoms with Gasteiger partial charge >= 0.3 is 0 Å². The molecule has 2 aromatic rings. The van der Waals surface area contributed by atoms with Crippen molar-refractivity contribution in [3.8, 4) is 0 Å². The topological polar surface area (TPSA) is 38.0 Å². The Morgan fingerprint density at radius 3 is 1.89 bits per heavy atom. The molecule has 0 amide bonds. The van der Waals surface area contributed by atoms with Crippen molar-refractivity contribution in [1.29, 1.82) is 0 Å². The highest BCUT2D eigenvalue weighted by Gasteiger charge is 2.08. The third kappa shape index (κ3) is 3.57. The number of anilines is 1. The maximum absolute atomic E-state index is 5.84. The van der Waals surface area contributed by atoms with E-state index in [9.17, 15) is 0 Å². The molecule has 4 heteroatoms. The first kappa shape index (κ1) is 13.6. The molecule has 18 heavy (non-hydrogen) atoms. The molecule has 1 atom stereocenters. The van der Waals surface area contributed by atoms with Crippen LogP contribution >= 0.6 is 31.9 Å². The maximum Gasteiger partial charge on any atom is 0.0636 e. The molecule has 0 heterocycles. The largest absolute Gasteiger partial charge is 0.377 e. The van der Waals surface area contributed by atoms with Crippen LogP contribution in [0.4, 0.5) is 5.69 Å². The first-order valence-corrected chi connectivity index (χ1v) is 7.25. The summed E-state index contributed by atoms with van der Waals surface area (Å²) in [5, 5.41) is 3.43. The van der Waals surface area contributed by atoms with Crippen LogP contribution in [-0.4, -0.2) is 6.54 Å². The van der Waals surface area contributed by atoms with E-state index in [0.717, 1.165) is 14.6 Å². The normalized spacial score (nSPS) is 12.2. The first-order valence-electron chi connectivity index (χ1n) is 5.66. The van der Waals surface area contributed by atoms with E-state index in [1.54, 1.807) is 0 Å². The van der Waals surface area contributed by atoms with Crippen molar-refractivity contribution in [1.82, 2.24) is 0 Å². The highest BCUT2D eigenvalue weighted by Crippen LogP contribution is 2.22. The van der Waals surface area contributed by atoms with Crippen molar-refractivity contribution in [2.45, 2.75) is 6.04 Å². The van der Waals surface area contributed by atoms with Crippen LogP contribution in [0, 0.1) is 0 Å². The molecule has 0 aromatic heterocycles. The van der Waals surface area contributed by atoms with Crippen LogP contribution in [0.25, 0.3) is 0 Å². The minimum atomic E-state index is 0.124. The maximum atomic E-state index is 5.84. The van der Waals surface area contributed by atoms with E-state index >= 15 is 0 Å². The van der Waals surface area contributed by atoms with Crippen LogP contribution in [-0.2, 0) is 0 Å². The van der Waals surface area contributed by atoms with E-state index in [-0.39, 0.29) is 6.04 Å². The zero-order chi connectivity index (χ0) is 13.0. The van der Waals surface area contributed by atoms with Crippen LogP contribution in [0.15, 0.2) is 57.5 Å². The fourth-order valence-corrected chi connectivity index (χ4v) is 2.25. The molecular formula is C14H14Br2N2. The summed E-state index contributed by atoms with van der Waals surface area (Å²) in [5.41, 5.74) is 8.09. The van der Waals surface area contributed by atoms with Crippen LogP contribution in [0.2, 0.25) is 0 Å². The average molecular weight is 370 g/mol. The van der Waals surface area contributed by atoms with E-state index in [1.807, 2.05) is 36.4 Å². The van der Waals surface area contributed by atoms with Crippen LogP contribution in [0.5, 0.6) is 0 Å². The van der Waals surface area contributed by atoms with Crippen LogP contribution in [0.1, 0.15) is 11.6 Å². The van der Waals surface area contributed by atoms with Gasteiger partial charge in [0.15, 0.2) is 0 Å². The lowest BCUT2D eigenvalue weighted by molar-refractivity contribution is 0.790. The second kappa shape index (κ2) is 6.36. The molecule has 2 nitrogen and oxygen atoms in total. The molecule has 0 saturated carbocycles. The van der Waals surface area contributed by atoms with Crippen molar-refractivity contribution in [3.63, 3.8) is 0 Å². The van der Waals surface area contributed by atoms with Crippen molar-refractivity contribution in [2.75, 3.05) is 11.9 Å². The Morgan fingerprint density at radius 1 is 0.889 bits per heavy atom. The molecule has 0 aliphatic carbocycles. The van der Waals surface area contributed by atoms with E-state index < -0.39 is 0 Å². The van der Waals surface area contributed by atoms with Gasteiger partial charge in [-0.2, -0.15) is 0 Å². The molecule has 0 aliphatic rings. The van der Waals surface area contributed by atoms with Crippen molar-refractivity contribution < 1.29 is 0 Å². The van der Waals surface area contributed by atoms with Crippen LogP contribution in [0.3, 0.4) is 0 Å². The molecule has 0 saturated heterocycles. The Labute approximate surface area is 124 Å². The Kier molecular flexibility index (Phi) is 4.80. The molecule has 1 unspecified atom stereocenters. The average Bonchev–Trinajstić information content (AvgIpc) is 2.39. The quantitative estimate of drug-likeness (QED) is 0.841. The van der Waals surface area contributed by atoms with Crippen molar-refractivity contribution in [3.05, 3.63) is 63.0 Å². The molecule has 0 spiro atoms. The lowest BCUT2D eigenvalue weighted by atomic mass is 10.1. The summed E-state index contributed by atoms with van der Waals surface area (Å²) in [4.78, 5) is 0. The van der Waals surface area contributed by atoms with Gasteiger partial charge in [-0.25, -0.2) is 0 Å². The Bertz CT molecular complexity index is 494. The number of hydrogen-bond acceptors (Lipinski definition) is 2. The van der Waals surface area contributed by atoms with Gasteiger partial charge in [-0.15, -0.1) is 0 Å². The molecule has 0 fully saturated rings. The van der Waals surface area contributed by atoms with Gasteiger partial charge in [-0.3, -0.25) is 0 Å². The number of benzene rings is 2. The van der Waals surface area contributed by atoms with E-state index in [4.69, 9.17) is 5.73 Å². The predicted octanol–water partition coefficient (Wildman–Crippen LogP) is 4.32. The van der Waals surface area contributed by atoms with Gasteiger partial charge < -0.3 is 11.1 Å². The Balaban J connectivity index is 2.14. The SMILES string of the molecule is NCC(Nc1ccc(Br)cc1)c1ccc(Br)cc1. The van der Waals surface area contributed by atoms with Gasteiger partial charge in [0.25, 0.3) is 0 Å². The molecule has 3 N–H and O–H groups in total. The minimum absolute atomic E-state index is 0.124. The first-order chi connectivity index (χ1) is 8.69. The summed E-state index contributed by atoms with van der Waals surface area (Å²) in [6.45, 7) is 0.553. The van der Waals surface area contributed by atoms with Crippen molar-refractivity contribution in [2.24, 2.45) is 5.73 Å². The number of rotatable bonds is 4. The third-order valence-corrected chi connectivity index (χ3v) is 3.75.